The quantitative estimate of drug-likeness (QED) is 0.520. The SMILES string of the molecule is O=C(O)CC(S)CC(=O)O. The summed E-state index contributed by atoms with van der Waals surface area (Å²) in [6.45, 7) is 0. The molecule has 0 bridgehead atoms. The summed E-state index contributed by atoms with van der Waals surface area (Å²) in [5.74, 6) is -2.05. The summed E-state index contributed by atoms with van der Waals surface area (Å²) in [7, 11) is 0. The Kier molecular flexibility index (Phi) is 3.87. The van der Waals surface area contributed by atoms with Gasteiger partial charge in [0.25, 0.3) is 0 Å². The van der Waals surface area contributed by atoms with Crippen LogP contribution in [0.3, 0.4) is 0 Å². The molecule has 0 heterocycles. The Morgan fingerprint density at radius 1 is 1.20 bits per heavy atom. The van der Waals surface area contributed by atoms with E-state index >= 15 is 0 Å². The number of carboxylic acids is 2. The fourth-order valence-corrected chi connectivity index (χ4v) is 0.788. The van der Waals surface area contributed by atoms with Crippen LogP contribution in [0.4, 0.5) is 0 Å². The molecule has 0 saturated heterocycles. The fraction of sp³-hybridized carbons (Fsp3) is 0.600. The monoisotopic (exact) mass is 164 g/mol. The van der Waals surface area contributed by atoms with Crippen LogP contribution in [0.1, 0.15) is 12.8 Å². The number of hydrogen-bond acceptors (Lipinski definition) is 3. The maximum absolute atomic E-state index is 9.95. The first kappa shape index (κ1) is 9.29. The molecule has 0 aromatic carbocycles. The topological polar surface area (TPSA) is 74.6 Å². The van der Waals surface area contributed by atoms with E-state index in [9.17, 15) is 9.59 Å². The van der Waals surface area contributed by atoms with Gasteiger partial charge in [0.15, 0.2) is 0 Å². The first-order valence-electron chi connectivity index (χ1n) is 2.64. The standard InChI is InChI=1S/C5H8O4S/c6-4(7)1-3(10)2-5(8)9/h3,10H,1-2H2,(H,6,7)(H,8,9). The van der Waals surface area contributed by atoms with E-state index in [1.54, 1.807) is 0 Å². The van der Waals surface area contributed by atoms with E-state index in [0.29, 0.717) is 0 Å². The number of carboxylic acid groups (broad SMARTS) is 2. The van der Waals surface area contributed by atoms with Crippen molar-refractivity contribution in [2.75, 3.05) is 0 Å². The highest BCUT2D eigenvalue weighted by Gasteiger charge is 2.11. The Hall–Kier alpha value is -0.710. The van der Waals surface area contributed by atoms with E-state index in [1.165, 1.54) is 0 Å². The first-order chi connectivity index (χ1) is 4.52. The molecular weight excluding hydrogens is 156 g/mol. The molecule has 0 spiro atoms. The summed E-state index contributed by atoms with van der Waals surface area (Å²) < 4.78 is 0. The van der Waals surface area contributed by atoms with Crippen LogP contribution >= 0.6 is 12.6 Å². The zero-order valence-corrected chi connectivity index (χ0v) is 6.04. The summed E-state index contributed by atoms with van der Waals surface area (Å²) in [4.78, 5) is 19.9. The summed E-state index contributed by atoms with van der Waals surface area (Å²) in [6.07, 6.45) is -0.426. The third-order valence-electron chi connectivity index (χ3n) is 0.820. The first-order valence-corrected chi connectivity index (χ1v) is 3.15. The van der Waals surface area contributed by atoms with Crippen molar-refractivity contribution < 1.29 is 19.8 Å². The Bertz CT molecular complexity index is 129. The summed E-state index contributed by atoms with van der Waals surface area (Å²) in [6, 6.07) is 0. The zero-order chi connectivity index (χ0) is 8.15. The second-order valence-corrected chi connectivity index (χ2v) is 2.58. The lowest BCUT2D eigenvalue weighted by Crippen LogP contribution is -2.11. The van der Waals surface area contributed by atoms with Crippen molar-refractivity contribution in [2.45, 2.75) is 18.1 Å². The van der Waals surface area contributed by atoms with Gasteiger partial charge in [-0.25, -0.2) is 0 Å². The molecule has 5 heteroatoms. The highest BCUT2D eigenvalue weighted by molar-refractivity contribution is 7.81. The highest BCUT2D eigenvalue weighted by atomic mass is 32.1. The third-order valence-corrected chi connectivity index (χ3v) is 1.19. The molecule has 0 unspecified atom stereocenters. The van der Waals surface area contributed by atoms with Gasteiger partial charge in [0.05, 0.1) is 12.8 Å². The van der Waals surface area contributed by atoms with Gasteiger partial charge in [-0.15, -0.1) is 0 Å². The number of aliphatic carboxylic acids is 2. The molecule has 0 saturated carbocycles. The van der Waals surface area contributed by atoms with E-state index in [-0.39, 0.29) is 12.8 Å². The molecule has 0 aromatic rings. The smallest absolute Gasteiger partial charge is 0.304 e. The van der Waals surface area contributed by atoms with Crippen molar-refractivity contribution >= 4 is 24.6 Å². The Morgan fingerprint density at radius 2 is 1.50 bits per heavy atom. The highest BCUT2D eigenvalue weighted by Crippen LogP contribution is 2.05. The number of carbonyl (C=O) groups is 2. The fourth-order valence-electron chi connectivity index (χ4n) is 0.475. The Balaban J connectivity index is 3.53. The zero-order valence-electron chi connectivity index (χ0n) is 5.15. The van der Waals surface area contributed by atoms with Gasteiger partial charge in [-0.2, -0.15) is 12.6 Å². The van der Waals surface area contributed by atoms with Gasteiger partial charge in [0.1, 0.15) is 0 Å². The molecule has 0 aliphatic heterocycles. The lowest BCUT2D eigenvalue weighted by Gasteiger charge is -2.01. The second-order valence-electron chi connectivity index (χ2n) is 1.85. The van der Waals surface area contributed by atoms with Gasteiger partial charge in [0.2, 0.25) is 0 Å². The van der Waals surface area contributed by atoms with Gasteiger partial charge in [0, 0.05) is 5.25 Å². The minimum atomic E-state index is -1.03. The van der Waals surface area contributed by atoms with Crippen LogP contribution in [-0.4, -0.2) is 27.4 Å². The van der Waals surface area contributed by atoms with Crippen LogP contribution in [0.15, 0.2) is 0 Å². The maximum atomic E-state index is 9.95. The molecule has 2 N–H and O–H groups in total. The van der Waals surface area contributed by atoms with Crippen LogP contribution in [-0.2, 0) is 9.59 Å². The summed E-state index contributed by atoms with van der Waals surface area (Å²) >= 11 is 3.75. The van der Waals surface area contributed by atoms with Gasteiger partial charge in [-0.3, -0.25) is 9.59 Å². The van der Waals surface area contributed by atoms with E-state index in [2.05, 4.69) is 12.6 Å². The Morgan fingerprint density at radius 3 is 1.70 bits per heavy atom. The number of hydrogen-bond donors (Lipinski definition) is 3. The van der Waals surface area contributed by atoms with Crippen molar-refractivity contribution in [1.29, 1.82) is 0 Å². The van der Waals surface area contributed by atoms with Gasteiger partial charge >= 0.3 is 11.9 Å². The molecule has 0 fully saturated rings. The largest absolute Gasteiger partial charge is 0.481 e. The molecule has 4 nitrogen and oxygen atoms in total. The molecule has 0 atom stereocenters. The summed E-state index contributed by atoms with van der Waals surface area (Å²) in [5.41, 5.74) is 0. The van der Waals surface area contributed by atoms with Crippen molar-refractivity contribution in [3.05, 3.63) is 0 Å². The van der Waals surface area contributed by atoms with Crippen LogP contribution < -0.4 is 0 Å². The van der Waals surface area contributed by atoms with E-state index in [0.717, 1.165) is 0 Å². The van der Waals surface area contributed by atoms with Crippen molar-refractivity contribution in [1.82, 2.24) is 0 Å². The molecular formula is C5H8O4S. The van der Waals surface area contributed by atoms with Gasteiger partial charge in [-0.1, -0.05) is 0 Å². The average molecular weight is 164 g/mol. The third kappa shape index (κ3) is 5.43. The van der Waals surface area contributed by atoms with Crippen LogP contribution in [0, 0.1) is 0 Å². The lowest BCUT2D eigenvalue weighted by atomic mass is 10.2. The van der Waals surface area contributed by atoms with Crippen LogP contribution in [0.2, 0.25) is 0 Å². The normalized spacial score (nSPS) is 9.80. The molecule has 0 aliphatic rings. The number of rotatable bonds is 4. The van der Waals surface area contributed by atoms with E-state index < -0.39 is 17.2 Å². The van der Waals surface area contributed by atoms with Crippen LogP contribution in [0.5, 0.6) is 0 Å². The van der Waals surface area contributed by atoms with Crippen molar-refractivity contribution in [3.63, 3.8) is 0 Å². The molecule has 0 amide bonds. The van der Waals surface area contributed by atoms with Crippen molar-refractivity contribution in [2.24, 2.45) is 0 Å². The van der Waals surface area contributed by atoms with Gasteiger partial charge < -0.3 is 10.2 Å². The predicted molar refractivity (Wildman–Crippen MR) is 37.3 cm³/mol. The minimum Gasteiger partial charge on any atom is -0.481 e. The molecule has 0 aromatic heterocycles. The Labute approximate surface area is 63.3 Å². The minimum absolute atomic E-state index is 0.213. The molecule has 0 radical (unpaired) electrons. The molecule has 0 aliphatic carbocycles. The predicted octanol–water partition coefficient (Wildman–Crippen LogP) is 0.234. The second kappa shape index (κ2) is 4.16. The molecule has 58 valence electrons. The van der Waals surface area contributed by atoms with Crippen molar-refractivity contribution in [3.8, 4) is 0 Å². The summed E-state index contributed by atoms with van der Waals surface area (Å²) in [5, 5.41) is 15.7. The maximum Gasteiger partial charge on any atom is 0.304 e. The van der Waals surface area contributed by atoms with E-state index in [4.69, 9.17) is 10.2 Å². The number of thiol groups is 1. The average Bonchev–Trinajstić information content (AvgIpc) is 1.58. The van der Waals surface area contributed by atoms with Gasteiger partial charge in [-0.05, 0) is 0 Å². The molecule has 10 heavy (non-hydrogen) atoms. The molecule has 0 rings (SSSR count). The van der Waals surface area contributed by atoms with E-state index in [1.807, 2.05) is 0 Å². The lowest BCUT2D eigenvalue weighted by molar-refractivity contribution is -0.138. The van der Waals surface area contributed by atoms with Crippen LogP contribution in [0.25, 0.3) is 0 Å².